The van der Waals surface area contributed by atoms with Crippen molar-refractivity contribution in [3.05, 3.63) is 45.9 Å². The molecule has 0 unspecified atom stereocenters. The van der Waals surface area contributed by atoms with E-state index in [-0.39, 0.29) is 30.5 Å². The number of carboxylic acids is 1. The predicted octanol–water partition coefficient (Wildman–Crippen LogP) is 1.00. The number of anilines is 1. The van der Waals surface area contributed by atoms with Gasteiger partial charge in [-0.15, -0.1) is 0 Å². The fourth-order valence-corrected chi connectivity index (χ4v) is 3.53. The number of hydrogen-bond donors (Lipinski definition) is 4. The highest BCUT2D eigenvalue weighted by molar-refractivity contribution is 5.81. The van der Waals surface area contributed by atoms with E-state index >= 15 is 0 Å². The Kier molecular flexibility index (Phi) is 8.39. The molecule has 3 rings (SSSR count). The molecule has 0 amide bonds. The van der Waals surface area contributed by atoms with E-state index in [1.54, 1.807) is 6.07 Å². The van der Waals surface area contributed by atoms with Gasteiger partial charge in [-0.2, -0.15) is 9.97 Å². The van der Waals surface area contributed by atoms with Crippen molar-refractivity contribution in [2.24, 2.45) is 0 Å². The standard InChI is InChI=1S/C22H30N6O5/c1-2-3-11-33-21-25-19(23)18-20(26-21)28(22(32)24-18)8-7-27(9-10-29)14-16-6-4-5-15(12-16)13-17(30)31/h4-6,12,29H,2-3,7-11,13-14H2,1H3,(H,24,32)(H,30,31)(H2,23,25,26). The molecule has 2 aromatic heterocycles. The molecule has 0 saturated carbocycles. The summed E-state index contributed by atoms with van der Waals surface area (Å²) in [4.78, 5) is 36.7. The Bertz CT molecular complexity index is 1140. The number of unbranched alkanes of at least 4 members (excludes halogenated alkanes) is 1. The van der Waals surface area contributed by atoms with E-state index in [9.17, 15) is 14.7 Å². The maximum atomic E-state index is 12.6. The number of aliphatic carboxylic acids is 1. The van der Waals surface area contributed by atoms with E-state index in [1.807, 2.05) is 30.0 Å². The number of rotatable bonds is 13. The van der Waals surface area contributed by atoms with Gasteiger partial charge in [0.15, 0.2) is 11.5 Å². The Hall–Kier alpha value is -3.44. The molecule has 0 bridgehead atoms. The number of imidazole rings is 1. The van der Waals surface area contributed by atoms with Gasteiger partial charge in [0.25, 0.3) is 0 Å². The Morgan fingerprint density at radius 3 is 2.79 bits per heavy atom. The van der Waals surface area contributed by atoms with Gasteiger partial charge in [-0.05, 0) is 17.5 Å². The van der Waals surface area contributed by atoms with Gasteiger partial charge in [-0.25, -0.2) is 4.79 Å². The quantitative estimate of drug-likeness (QED) is 0.274. The molecule has 0 aliphatic heterocycles. The summed E-state index contributed by atoms with van der Waals surface area (Å²) in [5, 5.41) is 18.5. The molecule has 3 aromatic rings. The molecule has 11 nitrogen and oxygen atoms in total. The molecular weight excluding hydrogens is 428 g/mol. The van der Waals surface area contributed by atoms with Gasteiger partial charge < -0.3 is 25.7 Å². The van der Waals surface area contributed by atoms with Gasteiger partial charge >= 0.3 is 17.7 Å². The normalized spacial score (nSPS) is 11.4. The first-order valence-corrected chi connectivity index (χ1v) is 10.9. The molecule has 1 aromatic carbocycles. The number of nitrogens with one attached hydrogen (secondary N) is 1. The molecule has 2 heterocycles. The smallest absolute Gasteiger partial charge is 0.327 e. The maximum absolute atomic E-state index is 12.6. The topological polar surface area (TPSA) is 160 Å². The monoisotopic (exact) mass is 458 g/mol. The van der Waals surface area contributed by atoms with E-state index in [0.29, 0.717) is 49.5 Å². The van der Waals surface area contributed by atoms with Crippen molar-refractivity contribution >= 4 is 23.0 Å². The van der Waals surface area contributed by atoms with E-state index < -0.39 is 5.97 Å². The van der Waals surface area contributed by atoms with Gasteiger partial charge in [0.2, 0.25) is 0 Å². The average molecular weight is 459 g/mol. The first-order chi connectivity index (χ1) is 15.9. The number of aromatic nitrogens is 4. The number of carbonyl (C=O) groups is 1. The minimum atomic E-state index is -0.891. The summed E-state index contributed by atoms with van der Waals surface area (Å²) in [6, 6.07) is 7.45. The van der Waals surface area contributed by atoms with Crippen LogP contribution in [-0.2, 0) is 24.3 Å². The molecule has 0 aliphatic carbocycles. The zero-order valence-electron chi connectivity index (χ0n) is 18.7. The third-order valence-electron chi connectivity index (χ3n) is 5.17. The largest absolute Gasteiger partial charge is 0.481 e. The summed E-state index contributed by atoms with van der Waals surface area (Å²) >= 11 is 0. The van der Waals surface area contributed by atoms with Gasteiger partial charge in [-0.3, -0.25) is 14.3 Å². The van der Waals surface area contributed by atoms with Crippen LogP contribution in [0.15, 0.2) is 29.1 Å². The van der Waals surface area contributed by atoms with Crippen molar-refractivity contribution < 1.29 is 19.7 Å². The number of nitrogens with two attached hydrogens (primary N) is 1. The summed E-state index contributed by atoms with van der Waals surface area (Å²) in [5.74, 6) is -0.748. The van der Waals surface area contributed by atoms with Crippen LogP contribution in [-0.4, -0.2) is 66.9 Å². The summed E-state index contributed by atoms with van der Waals surface area (Å²) in [7, 11) is 0. The number of aliphatic hydroxyl groups excluding tert-OH is 1. The Balaban J connectivity index is 1.76. The molecule has 0 saturated heterocycles. The number of ether oxygens (including phenoxy) is 1. The summed E-state index contributed by atoms with van der Waals surface area (Å²) < 4.78 is 7.04. The maximum Gasteiger partial charge on any atom is 0.327 e. The number of aliphatic hydroxyl groups is 1. The number of H-pyrrole nitrogens is 1. The number of carboxylic acid groups (broad SMARTS) is 1. The van der Waals surface area contributed by atoms with E-state index in [2.05, 4.69) is 15.0 Å². The number of fused-ring (bicyclic) bond motifs is 1. The highest BCUT2D eigenvalue weighted by atomic mass is 16.5. The molecule has 0 atom stereocenters. The predicted molar refractivity (Wildman–Crippen MR) is 123 cm³/mol. The molecule has 0 radical (unpaired) electrons. The fraction of sp³-hybridized carbons (Fsp3) is 0.455. The lowest BCUT2D eigenvalue weighted by atomic mass is 10.1. The zero-order valence-corrected chi connectivity index (χ0v) is 18.7. The van der Waals surface area contributed by atoms with Crippen molar-refractivity contribution in [1.82, 2.24) is 24.4 Å². The van der Waals surface area contributed by atoms with E-state index in [4.69, 9.17) is 15.6 Å². The van der Waals surface area contributed by atoms with Crippen LogP contribution in [0.3, 0.4) is 0 Å². The van der Waals surface area contributed by atoms with Crippen molar-refractivity contribution in [1.29, 1.82) is 0 Å². The highest BCUT2D eigenvalue weighted by Crippen LogP contribution is 2.18. The lowest BCUT2D eigenvalue weighted by Gasteiger charge is -2.22. The third-order valence-corrected chi connectivity index (χ3v) is 5.17. The third kappa shape index (κ3) is 6.53. The highest BCUT2D eigenvalue weighted by Gasteiger charge is 2.16. The van der Waals surface area contributed by atoms with Crippen molar-refractivity contribution in [3.63, 3.8) is 0 Å². The van der Waals surface area contributed by atoms with Crippen LogP contribution >= 0.6 is 0 Å². The summed E-state index contributed by atoms with van der Waals surface area (Å²) in [6.45, 7) is 4.09. The molecule has 178 valence electrons. The van der Waals surface area contributed by atoms with Crippen LogP contribution in [0, 0.1) is 0 Å². The van der Waals surface area contributed by atoms with Crippen LogP contribution in [0.4, 0.5) is 5.82 Å². The molecule has 0 fully saturated rings. The second-order valence-corrected chi connectivity index (χ2v) is 7.76. The molecule has 5 N–H and O–H groups in total. The van der Waals surface area contributed by atoms with E-state index in [1.165, 1.54) is 4.57 Å². The summed E-state index contributed by atoms with van der Waals surface area (Å²) in [6.07, 6.45) is 1.76. The van der Waals surface area contributed by atoms with Crippen LogP contribution in [0.5, 0.6) is 6.01 Å². The average Bonchev–Trinajstić information content (AvgIpc) is 3.08. The minimum absolute atomic E-state index is 0.0532. The molecule has 33 heavy (non-hydrogen) atoms. The lowest BCUT2D eigenvalue weighted by Crippen LogP contribution is -2.32. The Morgan fingerprint density at radius 1 is 1.27 bits per heavy atom. The van der Waals surface area contributed by atoms with E-state index in [0.717, 1.165) is 18.4 Å². The first kappa shape index (κ1) is 24.2. The van der Waals surface area contributed by atoms with Gasteiger partial charge in [0.05, 0.1) is 19.6 Å². The van der Waals surface area contributed by atoms with Crippen molar-refractivity contribution in [2.75, 3.05) is 32.0 Å². The lowest BCUT2D eigenvalue weighted by molar-refractivity contribution is -0.136. The number of aromatic amines is 1. The minimum Gasteiger partial charge on any atom is -0.481 e. The number of benzene rings is 1. The Labute approximate surface area is 190 Å². The van der Waals surface area contributed by atoms with Gasteiger partial charge in [-0.1, -0.05) is 37.6 Å². The summed E-state index contributed by atoms with van der Waals surface area (Å²) in [5.41, 5.74) is 8.00. The molecule has 0 spiro atoms. The van der Waals surface area contributed by atoms with Crippen molar-refractivity contribution in [3.8, 4) is 6.01 Å². The molecule has 0 aliphatic rings. The van der Waals surface area contributed by atoms with Crippen LogP contribution in [0.1, 0.15) is 30.9 Å². The molecule has 11 heteroatoms. The number of nitrogen functional groups attached to an aromatic ring is 1. The number of nitrogens with zero attached hydrogens (tertiary/aromatic N) is 4. The SMILES string of the molecule is CCCCOc1nc(N)c2[nH]c(=O)n(CCN(CCO)Cc3cccc(CC(=O)O)c3)c2n1. The Morgan fingerprint density at radius 2 is 2.06 bits per heavy atom. The molecular formula is C22H30N6O5. The van der Waals surface area contributed by atoms with Crippen LogP contribution in [0.25, 0.3) is 11.2 Å². The van der Waals surface area contributed by atoms with Crippen LogP contribution < -0.4 is 16.2 Å². The van der Waals surface area contributed by atoms with Crippen molar-refractivity contribution in [2.45, 2.75) is 39.3 Å². The first-order valence-electron chi connectivity index (χ1n) is 10.9. The van der Waals surface area contributed by atoms with Gasteiger partial charge in [0, 0.05) is 26.2 Å². The fourth-order valence-electron chi connectivity index (χ4n) is 3.53. The second-order valence-electron chi connectivity index (χ2n) is 7.76. The van der Waals surface area contributed by atoms with Gasteiger partial charge in [0.1, 0.15) is 5.52 Å². The second kappa shape index (κ2) is 11.4. The van der Waals surface area contributed by atoms with Crippen LogP contribution in [0.2, 0.25) is 0 Å². The number of hydrogen-bond acceptors (Lipinski definition) is 8. The zero-order chi connectivity index (χ0) is 23.8.